The number of fused-ring (bicyclic) bond motifs is 1. The topological polar surface area (TPSA) is 78.1 Å². The van der Waals surface area contributed by atoms with Crippen LogP contribution in [0.3, 0.4) is 0 Å². The van der Waals surface area contributed by atoms with Gasteiger partial charge >= 0.3 is 0 Å². The number of methoxy groups -OCH3 is 2. The molecule has 4 aromatic rings. The summed E-state index contributed by atoms with van der Waals surface area (Å²) in [4.78, 5) is 13.1. The molecular formula is C25H20O6S. The molecule has 32 heavy (non-hydrogen) atoms. The second-order valence-corrected chi connectivity index (χ2v) is 7.18. The van der Waals surface area contributed by atoms with Crippen molar-refractivity contribution in [3.05, 3.63) is 82.0 Å². The van der Waals surface area contributed by atoms with E-state index in [0.29, 0.717) is 23.5 Å². The Bertz CT molecular complexity index is 1330. The molecule has 162 valence electrons. The van der Waals surface area contributed by atoms with Gasteiger partial charge in [0.15, 0.2) is 22.8 Å². The molecule has 1 heterocycles. The summed E-state index contributed by atoms with van der Waals surface area (Å²) in [7, 11) is 2.96. The van der Waals surface area contributed by atoms with E-state index >= 15 is 0 Å². The minimum Gasteiger partial charge on any atom is -0.502 e. The van der Waals surface area contributed by atoms with Crippen molar-refractivity contribution in [1.29, 1.82) is 0 Å². The van der Waals surface area contributed by atoms with Gasteiger partial charge in [-0.3, -0.25) is 4.79 Å². The molecule has 7 heteroatoms. The highest BCUT2D eigenvalue weighted by Gasteiger charge is 2.23. The van der Waals surface area contributed by atoms with Gasteiger partial charge in [-0.2, -0.15) is 0 Å². The Kier molecular flexibility index (Phi) is 6.09. The van der Waals surface area contributed by atoms with Crippen molar-refractivity contribution in [1.82, 2.24) is 0 Å². The zero-order valence-electron chi connectivity index (χ0n) is 17.5. The van der Waals surface area contributed by atoms with E-state index in [1.807, 2.05) is 30.3 Å². The molecular weight excluding hydrogens is 428 g/mol. The number of rotatable bonds is 7. The van der Waals surface area contributed by atoms with Gasteiger partial charge in [-0.1, -0.05) is 30.3 Å². The van der Waals surface area contributed by atoms with Gasteiger partial charge in [-0.25, -0.2) is 0 Å². The van der Waals surface area contributed by atoms with Gasteiger partial charge in [-0.15, -0.1) is 0 Å². The summed E-state index contributed by atoms with van der Waals surface area (Å²) in [6, 6.07) is 18.3. The SMILES string of the molecule is COc1c(Cc2ccccc2)cc2oc(-c3ccc(OC=S)cc3)c(O)c(=O)c2c1OC. The lowest BCUT2D eigenvalue weighted by Gasteiger charge is -2.16. The Morgan fingerprint density at radius 2 is 1.69 bits per heavy atom. The lowest BCUT2D eigenvalue weighted by atomic mass is 10.0. The van der Waals surface area contributed by atoms with Crippen LogP contribution in [-0.4, -0.2) is 24.9 Å². The van der Waals surface area contributed by atoms with Crippen LogP contribution < -0.4 is 19.6 Å². The molecule has 0 amide bonds. The molecule has 0 bridgehead atoms. The maximum Gasteiger partial charge on any atom is 0.238 e. The van der Waals surface area contributed by atoms with Crippen molar-refractivity contribution in [2.75, 3.05) is 14.2 Å². The Hall–Kier alpha value is -3.84. The molecule has 1 aromatic heterocycles. The number of hydrogen-bond donors (Lipinski definition) is 1. The van der Waals surface area contributed by atoms with Crippen molar-refractivity contribution in [3.8, 4) is 34.3 Å². The first-order valence-electron chi connectivity index (χ1n) is 9.75. The predicted molar refractivity (Wildman–Crippen MR) is 126 cm³/mol. The number of thiocarbonyl (C=S) groups is 1. The minimum absolute atomic E-state index is 0.0503. The molecule has 0 radical (unpaired) electrons. The number of benzene rings is 3. The second-order valence-electron chi connectivity index (χ2n) is 6.99. The molecule has 0 aliphatic carbocycles. The average Bonchev–Trinajstić information content (AvgIpc) is 2.82. The van der Waals surface area contributed by atoms with Gasteiger partial charge in [0.2, 0.25) is 11.2 Å². The first-order chi connectivity index (χ1) is 15.6. The standard InChI is InChI=1S/C25H20O6S/c1-28-24-17(12-15-6-4-3-5-7-15)13-19-20(25(24)29-2)21(26)22(27)23(31-19)16-8-10-18(11-9-16)30-14-32/h3-11,13-14,27H,12H2,1-2H3. The summed E-state index contributed by atoms with van der Waals surface area (Å²) in [5.74, 6) is 0.704. The van der Waals surface area contributed by atoms with Crippen LogP contribution in [0.4, 0.5) is 0 Å². The third-order valence-corrected chi connectivity index (χ3v) is 5.19. The van der Waals surface area contributed by atoms with Crippen LogP contribution in [0, 0.1) is 0 Å². The molecule has 6 nitrogen and oxygen atoms in total. The fraction of sp³-hybridized carbons (Fsp3) is 0.120. The zero-order chi connectivity index (χ0) is 22.7. The quantitative estimate of drug-likeness (QED) is 0.394. The van der Waals surface area contributed by atoms with Crippen molar-refractivity contribution >= 4 is 28.7 Å². The van der Waals surface area contributed by atoms with Crippen molar-refractivity contribution < 1.29 is 23.7 Å². The summed E-state index contributed by atoms with van der Waals surface area (Å²) in [5, 5.41) is 10.8. The lowest BCUT2D eigenvalue weighted by Crippen LogP contribution is -2.07. The van der Waals surface area contributed by atoms with Gasteiger partial charge in [0.05, 0.1) is 14.2 Å². The molecule has 3 aromatic carbocycles. The van der Waals surface area contributed by atoms with E-state index in [0.717, 1.165) is 16.7 Å². The van der Waals surface area contributed by atoms with E-state index in [1.54, 1.807) is 30.3 Å². The minimum atomic E-state index is -0.609. The summed E-state index contributed by atoms with van der Waals surface area (Å²) < 4.78 is 22.3. The van der Waals surface area contributed by atoms with Crippen LogP contribution in [0.15, 0.2) is 69.9 Å². The zero-order valence-corrected chi connectivity index (χ0v) is 18.3. The van der Waals surface area contributed by atoms with Crippen molar-refractivity contribution in [2.24, 2.45) is 0 Å². The predicted octanol–water partition coefficient (Wildman–Crippen LogP) is 5.11. The van der Waals surface area contributed by atoms with E-state index in [-0.39, 0.29) is 22.5 Å². The van der Waals surface area contributed by atoms with Gasteiger partial charge in [-0.05, 0) is 48.1 Å². The van der Waals surface area contributed by atoms with Crippen molar-refractivity contribution in [3.63, 3.8) is 0 Å². The van der Waals surface area contributed by atoms with E-state index < -0.39 is 11.2 Å². The first kappa shape index (κ1) is 21.4. The molecule has 0 spiro atoms. The monoisotopic (exact) mass is 448 g/mol. The molecule has 0 saturated heterocycles. The van der Waals surface area contributed by atoms with Crippen molar-refractivity contribution in [2.45, 2.75) is 6.42 Å². The second kappa shape index (κ2) is 9.11. The highest BCUT2D eigenvalue weighted by molar-refractivity contribution is 7.78. The molecule has 0 aliphatic rings. The molecule has 0 saturated carbocycles. The van der Waals surface area contributed by atoms with Crippen LogP contribution in [0.1, 0.15) is 11.1 Å². The third kappa shape index (κ3) is 3.90. The summed E-state index contributed by atoms with van der Waals surface area (Å²) in [6.07, 6.45) is 0.542. The molecule has 0 atom stereocenters. The van der Waals surface area contributed by atoms with Crippen LogP contribution in [-0.2, 0) is 6.42 Å². The van der Waals surface area contributed by atoms with Gasteiger partial charge in [0.25, 0.3) is 0 Å². The molecule has 0 fully saturated rings. The van der Waals surface area contributed by atoms with Gasteiger partial charge in [0, 0.05) is 17.5 Å². The number of aromatic hydroxyl groups is 1. The maximum absolute atomic E-state index is 13.1. The fourth-order valence-corrected chi connectivity index (χ4v) is 3.76. The third-order valence-electron chi connectivity index (χ3n) is 5.09. The molecule has 4 rings (SSSR count). The van der Waals surface area contributed by atoms with Gasteiger partial charge in [0.1, 0.15) is 16.7 Å². The Morgan fingerprint density at radius 1 is 1.00 bits per heavy atom. The average molecular weight is 448 g/mol. The van der Waals surface area contributed by atoms with E-state index in [9.17, 15) is 9.90 Å². The summed E-state index contributed by atoms with van der Waals surface area (Å²) in [5.41, 5.74) is 3.18. The Labute approximate surface area is 189 Å². The first-order valence-corrected chi connectivity index (χ1v) is 10.2. The molecule has 1 N–H and O–H groups in total. The van der Waals surface area contributed by atoms with Gasteiger partial charge < -0.3 is 23.7 Å². The Balaban J connectivity index is 1.93. The summed E-state index contributed by atoms with van der Waals surface area (Å²) >= 11 is 4.69. The highest BCUT2D eigenvalue weighted by Crippen LogP contribution is 2.41. The largest absolute Gasteiger partial charge is 0.502 e. The maximum atomic E-state index is 13.1. The van der Waals surface area contributed by atoms with E-state index in [4.69, 9.17) is 18.6 Å². The fourth-order valence-electron chi connectivity index (χ4n) is 3.64. The smallest absolute Gasteiger partial charge is 0.238 e. The number of ether oxygens (including phenoxy) is 3. The number of hydrogen-bond acceptors (Lipinski definition) is 7. The normalized spacial score (nSPS) is 10.7. The van der Waals surface area contributed by atoms with Crippen LogP contribution in [0.25, 0.3) is 22.3 Å². The lowest BCUT2D eigenvalue weighted by molar-refractivity contribution is 0.354. The van der Waals surface area contributed by atoms with Crippen LogP contribution in [0.5, 0.6) is 23.0 Å². The van der Waals surface area contributed by atoms with Crippen LogP contribution >= 0.6 is 12.2 Å². The highest BCUT2D eigenvalue weighted by atomic mass is 32.1. The summed E-state index contributed by atoms with van der Waals surface area (Å²) in [6.45, 7) is 0. The van der Waals surface area contributed by atoms with E-state index in [2.05, 4.69) is 12.2 Å². The van der Waals surface area contributed by atoms with Crippen LogP contribution in [0.2, 0.25) is 0 Å². The molecule has 0 aliphatic heterocycles. The molecule has 0 unspecified atom stereocenters. The van der Waals surface area contributed by atoms with E-state index in [1.165, 1.54) is 14.2 Å². The Morgan fingerprint density at radius 3 is 2.31 bits per heavy atom.